The highest BCUT2D eigenvalue weighted by Gasteiger charge is 2.07. The van der Waals surface area contributed by atoms with Gasteiger partial charge in [0.25, 0.3) is 0 Å². The lowest BCUT2D eigenvalue weighted by molar-refractivity contribution is -0.120. The largest absolute Gasteiger partial charge is 0.383 e. The third-order valence-corrected chi connectivity index (χ3v) is 3.17. The Morgan fingerprint density at radius 3 is 2.70 bits per heavy atom. The zero-order valence-corrected chi connectivity index (χ0v) is 14.7. The van der Waals surface area contributed by atoms with Crippen molar-refractivity contribution in [1.29, 1.82) is 0 Å². The van der Waals surface area contributed by atoms with Gasteiger partial charge in [-0.05, 0) is 11.6 Å². The van der Waals surface area contributed by atoms with Crippen LogP contribution in [-0.4, -0.2) is 44.2 Å². The highest BCUT2D eigenvalue weighted by molar-refractivity contribution is 5.87. The Hall–Kier alpha value is -1.40. The topological polar surface area (TPSA) is 63.2 Å². The predicted octanol–water partition coefficient (Wildman–Crippen LogP) is 1.97. The Balaban J connectivity index is 0.00000242. The summed E-state index contributed by atoms with van der Waals surface area (Å²) < 4.78 is 4.93. The van der Waals surface area contributed by atoms with E-state index in [9.17, 15) is 4.79 Å². The molecule has 0 spiro atoms. The number of aromatic nitrogens is 1. The van der Waals surface area contributed by atoms with Gasteiger partial charge in [0.05, 0.1) is 18.5 Å². The molecule has 1 amide bonds. The van der Waals surface area contributed by atoms with Gasteiger partial charge >= 0.3 is 0 Å². The molecule has 0 aliphatic rings. The highest BCUT2D eigenvalue weighted by atomic mass is 35.5. The second-order valence-corrected chi connectivity index (χ2v) is 4.76. The van der Waals surface area contributed by atoms with Crippen molar-refractivity contribution in [3.8, 4) is 0 Å². The Morgan fingerprint density at radius 1 is 1.13 bits per heavy atom. The molecule has 1 heterocycles. The number of nitrogens with zero attached hydrogens (tertiary/aromatic N) is 1. The number of nitrogens with one attached hydrogen (secondary N) is 2. The van der Waals surface area contributed by atoms with Crippen LogP contribution in [0.5, 0.6) is 0 Å². The number of amides is 1. The maximum Gasteiger partial charge on any atom is 0.224 e. The molecule has 5 nitrogen and oxygen atoms in total. The van der Waals surface area contributed by atoms with Crippen LogP contribution in [0.4, 0.5) is 0 Å². The fourth-order valence-electron chi connectivity index (χ4n) is 2.14. The number of fused-ring (bicyclic) bond motifs is 1. The molecule has 23 heavy (non-hydrogen) atoms. The Bertz CT molecular complexity index is 591. The van der Waals surface area contributed by atoms with Crippen LogP contribution in [0, 0.1) is 0 Å². The summed E-state index contributed by atoms with van der Waals surface area (Å²) in [5.41, 5.74) is 1.85. The number of hydrogen-bond donors (Lipinski definition) is 2. The van der Waals surface area contributed by atoms with E-state index in [1.165, 1.54) is 0 Å². The minimum absolute atomic E-state index is 0. The zero-order valence-electron chi connectivity index (χ0n) is 13.1. The van der Waals surface area contributed by atoms with E-state index >= 15 is 0 Å². The number of para-hydroxylation sites is 1. The fraction of sp³-hybridized carbons (Fsp3) is 0.375. The molecule has 7 heteroatoms. The van der Waals surface area contributed by atoms with Crippen molar-refractivity contribution in [2.45, 2.75) is 6.42 Å². The molecule has 0 bridgehead atoms. The van der Waals surface area contributed by atoms with E-state index < -0.39 is 0 Å². The maximum atomic E-state index is 12.0. The van der Waals surface area contributed by atoms with E-state index in [-0.39, 0.29) is 30.7 Å². The Kier molecular flexibility index (Phi) is 11.3. The van der Waals surface area contributed by atoms with Crippen molar-refractivity contribution in [3.63, 3.8) is 0 Å². The average Bonchev–Trinajstić information content (AvgIpc) is 2.51. The number of pyridine rings is 1. The molecule has 0 radical (unpaired) electrons. The van der Waals surface area contributed by atoms with Gasteiger partial charge < -0.3 is 15.4 Å². The van der Waals surface area contributed by atoms with Gasteiger partial charge in [0.1, 0.15) is 0 Å². The molecule has 0 fully saturated rings. The van der Waals surface area contributed by atoms with Crippen LogP contribution >= 0.6 is 24.8 Å². The van der Waals surface area contributed by atoms with Crippen LogP contribution in [0.3, 0.4) is 0 Å². The minimum Gasteiger partial charge on any atom is -0.383 e. The van der Waals surface area contributed by atoms with E-state index in [2.05, 4.69) is 15.6 Å². The zero-order chi connectivity index (χ0) is 14.9. The monoisotopic (exact) mass is 359 g/mol. The van der Waals surface area contributed by atoms with Crippen LogP contribution < -0.4 is 10.6 Å². The lowest BCUT2D eigenvalue weighted by Gasteiger charge is -2.08. The van der Waals surface area contributed by atoms with Crippen LogP contribution in [0.25, 0.3) is 10.9 Å². The van der Waals surface area contributed by atoms with E-state index in [0.29, 0.717) is 19.6 Å². The molecule has 0 saturated heterocycles. The molecular formula is C16H23Cl2N3O2. The van der Waals surface area contributed by atoms with Gasteiger partial charge in [0, 0.05) is 38.3 Å². The van der Waals surface area contributed by atoms with Gasteiger partial charge in [-0.3, -0.25) is 9.78 Å². The average molecular weight is 360 g/mol. The summed E-state index contributed by atoms with van der Waals surface area (Å²) in [5, 5.41) is 7.15. The van der Waals surface area contributed by atoms with E-state index in [1.807, 2.05) is 30.3 Å². The van der Waals surface area contributed by atoms with Crippen LogP contribution in [0.1, 0.15) is 5.56 Å². The summed E-state index contributed by atoms with van der Waals surface area (Å²) in [7, 11) is 1.67. The van der Waals surface area contributed by atoms with E-state index in [1.54, 1.807) is 13.3 Å². The van der Waals surface area contributed by atoms with Crippen molar-refractivity contribution in [1.82, 2.24) is 15.6 Å². The third kappa shape index (κ3) is 7.14. The molecule has 0 atom stereocenters. The fourth-order valence-corrected chi connectivity index (χ4v) is 2.14. The van der Waals surface area contributed by atoms with Gasteiger partial charge in [-0.15, -0.1) is 24.8 Å². The van der Waals surface area contributed by atoms with Crippen molar-refractivity contribution in [2.24, 2.45) is 0 Å². The summed E-state index contributed by atoms with van der Waals surface area (Å²) in [4.78, 5) is 16.3. The van der Waals surface area contributed by atoms with Crippen molar-refractivity contribution >= 4 is 41.6 Å². The molecule has 1 aromatic heterocycles. The van der Waals surface area contributed by atoms with E-state index in [0.717, 1.165) is 29.6 Å². The number of hydrogen-bond acceptors (Lipinski definition) is 4. The first-order chi connectivity index (χ1) is 10.3. The smallest absolute Gasteiger partial charge is 0.224 e. The van der Waals surface area contributed by atoms with E-state index in [4.69, 9.17) is 4.74 Å². The quantitative estimate of drug-likeness (QED) is 0.707. The van der Waals surface area contributed by atoms with Crippen LogP contribution in [-0.2, 0) is 16.0 Å². The SMILES string of the molecule is COCCNCCNC(=O)Cc1cccc2cccnc12.Cl.Cl. The van der Waals surface area contributed by atoms with Gasteiger partial charge in [-0.2, -0.15) is 0 Å². The number of methoxy groups -OCH3 is 1. The molecule has 2 aromatic rings. The lowest BCUT2D eigenvalue weighted by Crippen LogP contribution is -2.33. The molecular weight excluding hydrogens is 337 g/mol. The molecule has 1 aromatic carbocycles. The number of benzene rings is 1. The summed E-state index contributed by atoms with van der Waals surface area (Å²) in [5.74, 6) is 0.0155. The van der Waals surface area contributed by atoms with Gasteiger partial charge in [-0.25, -0.2) is 0 Å². The van der Waals surface area contributed by atoms with Gasteiger partial charge in [0.2, 0.25) is 5.91 Å². The van der Waals surface area contributed by atoms with Crippen LogP contribution in [0.2, 0.25) is 0 Å². The normalized spacial score (nSPS) is 9.78. The highest BCUT2D eigenvalue weighted by Crippen LogP contribution is 2.16. The standard InChI is InChI=1S/C16H21N3O2.2ClH/c1-21-11-10-17-8-9-18-15(20)12-14-5-2-4-13-6-3-7-19-16(13)14;;/h2-7,17H,8-12H2,1H3,(H,18,20);2*1H. The second kappa shape index (κ2) is 12.1. The number of carbonyl (C=O) groups is 1. The summed E-state index contributed by atoms with van der Waals surface area (Å²) in [6.07, 6.45) is 2.11. The molecule has 0 aliphatic carbocycles. The number of rotatable bonds is 8. The lowest BCUT2D eigenvalue weighted by atomic mass is 10.1. The van der Waals surface area contributed by atoms with Gasteiger partial charge in [-0.1, -0.05) is 24.3 Å². The number of halogens is 2. The molecule has 2 N–H and O–H groups in total. The summed E-state index contributed by atoms with van der Waals surface area (Å²) in [6.45, 7) is 2.82. The van der Waals surface area contributed by atoms with Crippen molar-refractivity contribution < 1.29 is 9.53 Å². The summed E-state index contributed by atoms with van der Waals surface area (Å²) in [6, 6.07) is 9.81. The molecule has 0 aliphatic heterocycles. The maximum absolute atomic E-state index is 12.0. The first-order valence-corrected chi connectivity index (χ1v) is 7.10. The second-order valence-electron chi connectivity index (χ2n) is 4.76. The molecule has 0 unspecified atom stereocenters. The molecule has 128 valence electrons. The van der Waals surface area contributed by atoms with Gasteiger partial charge in [0.15, 0.2) is 0 Å². The molecule has 0 saturated carbocycles. The Morgan fingerprint density at radius 2 is 1.91 bits per heavy atom. The van der Waals surface area contributed by atoms with Crippen molar-refractivity contribution in [2.75, 3.05) is 33.4 Å². The van der Waals surface area contributed by atoms with Crippen molar-refractivity contribution in [3.05, 3.63) is 42.1 Å². The molecule has 2 rings (SSSR count). The Labute approximate surface area is 149 Å². The van der Waals surface area contributed by atoms with Crippen LogP contribution in [0.15, 0.2) is 36.5 Å². The minimum atomic E-state index is 0. The number of carbonyl (C=O) groups excluding carboxylic acids is 1. The third-order valence-electron chi connectivity index (χ3n) is 3.17. The predicted molar refractivity (Wildman–Crippen MR) is 97.7 cm³/mol. The number of ether oxygens (including phenoxy) is 1. The first-order valence-electron chi connectivity index (χ1n) is 7.10. The first kappa shape index (κ1) is 21.6. The summed E-state index contributed by atoms with van der Waals surface area (Å²) >= 11 is 0.